The summed E-state index contributed by atoms with van der Waals surface area (Å²) >= 11 is 0. The third-order valence-electron chi connectivity index (χ3n) is 4.91. The third kappa shape index (κ3) is 2.64. The number of nitrogens with one attached hydrogen (secondary N) is 1. The van der Waals surface area contributed by atoms with E-state index in [0.717, 1.165) is 9.87 Å². The van der Waals surface area contributed by atoms with E-state index in [4.69, 9.17) is 0 Å². The van der Waals surface area contributed by atoms with E-state index in [9.17, 15) is 18.8 Å². The first-order valence-electron chi connectivity index (χ1n) is 8.57. The van der Waals surface area contributed by atoms with Crippen molar-refractivity contribution in [2.45, 2.75) is 6.04 Å². The first-order chi connectivity index (χ1) is 13.3. The summed E-state index contributed by atoms with van der Waals surface area (Å²) in [7, 11) is -0.846. The zero-order valence-corrected chi connectivity index (χ0v) is 16.1. The number of H-pyrrole nitrogens is 1. The average Bonchev–Trinajstić information content (AvgIpc) is 3.11. The second-order valence-electron chi connectivity index (χ2n) is 6.74. The fourth-order valence-corrected chi connectivity index (χ4v) is 4.58. The molecule has 1 aromatic heterocycles. The van der Waals surface area contributed by atoms with E-state index in [0.29, 0.717) is 27.6 Å². The van der Waals surface area contributed by atoms with E-state index >= 15 is 0 Å². The van der Waals surface area contributed by atoms with Crippen LogP contribution >= 0.6 is 0 Å². The van der Waals surface area contributed by atoms with Crippen LogP contribution in [0.4, 0.5) is 0 Å². The predicted molar refractivity (Wildman–Crippen MR) is 106 cm³/mol. The molecule has 1 atom stereocenters. The molecule has 0 amide bonds. The van der Waals surface area contributed by atoms with Crippen LogP contribution in [0.3, 0.4) is 0 Å². The van der Waals surface area contributed by atoms with Gasteiger partial charge in [0, 0.05) is 37.4 Å². The van der Waals surface area contributed by atoms with Gasteiger partial charge in [0.1, 0.15) is 5.75 Å². The Morgan fingerprint density at radius 3 is 2.71 bits per heavy atom. The van der Waals surface area contributed by atoms with Crippen LogP contribution in [0.2, 0.25) is 0 Å². The molecule has 0 spiro atoms. The molecule has 3 aromatic rings. The lowest BCUT2D eigenvalue weighted by molar-refractivity contribution is 0.403. The second kappa shape index (κ2) is 6.41. The summed E-state index contributed by atoms with van der Waals surface area (Å²) in [6.07, 6.45) is 4.96. The van der Waals surface area contributed by atoms with Gasteiger partial charge in [-0.1, -0.05) is 18.2 Å². The fraction of sp³-hybridized carbons (Fsp3) is 0.150. The maximum atomic E-state index is 13.0. The van der Waals surface area contributed by atoms with Gasteiger partial charge in [-0.3, -0.25) is 4.31 Å². The van der Waals surface area contributed by atoms with Crippen LogP contribution in [0.5, 0.6) is 5.75 Å². The average molecular weight is 394 g/mol. The molecule has 28 heavy (non-hydrogen) atoms. The molecule has 1 aliphatic heterocycles. The number of aromatic nitrogens is 1. The van der Waals surface area contributed by atoms with Gasteiger partial charge in [0.2, 0.25) is 0 Å². The summed E-state index contributed by atoms with van der Waals surface area (Å²) in [6.45, 7) is 0. The van der Waals surface area contributed by atoms with Gasteiger partial charge < -0.3 is 10.1 Å². The number of para-hydroxylation sites is 1. The minimum absolute atomic E-state index is 0.0862. The van der Waals surface area contributed by atoms with Gasteiger partial charge in [-0.25, -0.2) is 0 Å². The lowest BCUT2D eigenvalue weighted by atomic mass is 9.91. The molecule has 0 bridgehead atoms. The zero-order valence-electron chi connectivity index (χ0n) is 15.3. The molecule has 4 rings (SSSR count). The molecule has 142 valence electrons. The Balaban J connectivity index is 2.02. The number of phenolic OH excluding ortho intramolecular Hbond substituents is 1. The van der Waals surface area contributed by atoms with E-state index in [1.54, 1.807) is 36.5 Å². The zero-order chi connectivity index (χ0) is 20.1. The monoisotopic (exact) mass is 394 g/mol. The largest absolute Gasteiger partial charge is 0.506 e. The number of nitrogens with zero attached hydrogens (tertiary/aromatic N) is 3. The number of benzene rings is 2. The minimum Gasteiger partial charge on any atom is -0.506 e. The number of aromatic hydroxyl groups is 1. The molecular formula is C20H18N4O3S. The maximum absolute atomic E-state index is 13.0. The van der Waals surface area contributed by atoms with E-state index in [1.807, 2.05) is 12.1 Å². The van der Waals surface area contributed by atoms with Crippen molar-refractivity contribution >= 4 is 27.2 Å². The maximum Gasteiger partial charge on any atom is 0.303 e. The highest BCUT2D eigenvalue weighted by atomic mass is 32.2. The summed E-state index contributed by atoms with van der Waals surface area (Å²) in [6, 6.07) is 11.8. The number of aromatic amines is 1. The van der Waals surface area contributed by atoms with Crippen molar-refractivity contribution in [2.24, 2.45) is 0 Å². The van der Waals surface area contributed by atoms with Crippen molar-refractivity contribution in [3.05, 3.63) is 71.0 Å². The molecule has 8 heteroatoms. The predicted octanol–water partition coefficient (Wildman–Crippen LogP) is 2.93. The van der Waals surface area contributed by atoms with Crippen molar-refractivity contribution < 1.29 is 13.5 Å². The molecule has 0 saturated carbocycles. The summed E-state index contributed by atoms with van der Waals surface area (Å²) in [5, 5.41) is 20.2. The molecule has 0 radical (unpaired) electrons. The molecule has 1 unspecified atom stereocenters. The molecule has 0 saturated heterocycles. The molecule has 2 heterocycles. The van der Waals surface area contributed by atoms with Crippen LogP contribution < -0.4 is 0 Å². The van der Waals surface area contributed by atoms with Gasteiger partial charge in [0.15, 0.2) is 0 Å². The van der Waals surface area contributed by atoms with Crippen molar-refractivity contribution in [3.8, 4) is 11.8 Å². The van der Waals surface area contributed by atoms with Crippen molar-refractivity contribution in [1.29, 1.82) is 5.26 Å². The number of rotatable bonds is 3. The van der Waals surface area contributed by atoms with Gasteiger partial charge in [-0.05, 0) is 35.4 Å². The molecule has 0 fully saturated rings. The first kappa shape index (κ1) is 18.1. The fourth-order valence-electron chi connectivity index (χ4n) is 3.50. The van der Waals surface area contributed by atoms with Crippen LogP contribution in [0, 0.1) is 11.3 Å². The molecule has 0 aliphatic carbocycles. The van der Waals surface area contributed by atoms with Crippen LogP contribution in [-0.4, -0.2) is 41.2 Å². The Morgan fingerprint density at radius 2 is 2.00 bits per heavy atom. The Kier molecular flexibility index (Phi) is 4.14. The number of hydrogen-bond acceptors (Lipinski definition) is 4. The number of hydrogen-bond donors (Lipinski definition) is 2. The summed E-state index contributed by atoms with van der Waals surface area (Å²) in [5.74, 6) is 0.0862. The molecule has 2 aromatic carbocycles. The van der Waals surface area contributed by atoms with Crippen LogP contribution in [0.25, 0.3) is 17.0 Å². The number of nitriles is 1. The lowest BCUT2D eigenvalue weighted by Crippen LogP contribution is -2.40. The summed E-state index contributed by atoms with van der Waals surface area (Å²) < 4.78 is 28.5. The van der Waals surface area contributed by atoms with Crippen molar-refractivity contribution in [3.63, 3.8) is 0 Å². The van der Waals surface area contributed by atoms with Crippen molar-refractivity contribution in [2.75, 3.05) is 14.1 Å². The van der Waals surface area contributed by atoms with Gasteiger partial charge in [0.25, 0.3) is 0 Å². The SMILES string of the molecule is CN(C)S(=O)(=O)N1C=Cc2ccc(C#N)cc2C1c1c[nH]c2c(O)cccc12. The van der Waals surface area contributed by atoms with Gasteiger partial charge >= 0.3 is 10.2 Å². The molecule has 1 aliphatic rings. The smallest absolute Gasteiger partial charge is 0.303 e. The molecule has 2 N–H and O–H groups in total. The topological polar surface area (TPSA) is 100 Å². The Morgan fingerprint density at radius 1 is 1.21 bits per heavy atom. The van der Waals surface area contributed by atoms with Gasteiger partial charge in [0.05, 0.1) is 23.2 Å². The first-order valence-corrected chi connectivity index (χ1v) is 9.96. The summed E-state index contributed by atoms with van der Waals surface area (Å²) in [4.78, 5) is 3.04. The molecule has 7 nitrogen and oxygen atoms in total. The highest BCUT2D eigenvalue weighted by molar-refractivity contribution is 7.86. The van der Waals surface area contributed by atoms with Gasteiger partial charge in [-0.2, -0.15) is 18.0 Å². The molecular weight excluding hydrogens is 376 g/mol. The van der Waals surface area contributed by atoms with Crippen LogP contribution in [0.15, 0.2) is 48.8 Å². The Hall–Kier alpha value is -3.28. The number of phenols is 1. The van der Waals surface area contributed by atoms with E-state index in [1.165, 1.54) is 24.6 Å². The quantitative estimate of drug-likeness (QED) is 0.713. The summed E-state index contributed by atoms with van der Waals surface area (Å²) in [5.41, 5.74) is 3.22. The third-order valence-corrected chi connectivity index (χ3v) is 6.70. The van der Waals surface area contributed by atoms with E-state index < -0.39 is 16.3 Å². The normalized spacial score (nSPS) is 16.4. The second-order valence-corrected chi connectivity index (χ2v) is 8.79. The highest BCUT2D eigenvalue weighted by Crippen LogP contribution is 2.42. The van der Waals surface area contributed by atoms with Gasteiger partial charge in [-0.15, -0.1) is 0 Å². The number of fused-ring (bicyclic) bond motifs is 2. The van der Waals surface area contributed by atoms with E-state index in [2.05, 4.69) is 11.1 Å². The highest BCUT2D eigenvalue weighted by Gasteiger charge is 2.36. The lowest BCUT2D eigenvalue weighted by Gasteiger charge is -2.35. The Labute approximate surface area is 162 Å². The standard InChI is InChI=1S/C20H18N4O3S/c1-23(2)28(26,27)24-9-8-14-7-6-13(11-21)10-16(14)20(24)17-12-22-19-15(17)4-3-5-18(19)25/h3-10,12,20,22,25H,1-2H3. The Bertz CT molecular complexity index is 1250. The van der Waals surface area contributed by atoms with Crippen LogP contribution in [0.1, 0.15) is 28.3 Å². The minimum atomic E-state index is -3.80. The van der Waals surface area contributed by atoms with Crippen molar-refractivity contribution in [1.82, 2.24) is 13.6 Å². The van der Waals surface area contributed by atoms with E-state index in [-0.39, 0.29) is 5.75 Å². The van der Waals surface area contributed by atoms with Crippen LogP contribution in [-0.2, 0) is 10.2 Å².